The third kappa shape index (κ3) is 4.48. The van der Waals surface area contributed by atoms with Crippen LogP contribution in [0.2, 0.25) is 0 Å². The van der Waals surface area contributed by atoms with Gasteiger partial charge in [0.1, 0.15) is 5.70 Å². The highest BCUT2D eigenvalue weighted by Gasteiger charge is 2.08. The Kier molecular flexibility index (Phi) is 6.21. The molecule has 0 atom stereocenters. The van der Waals surface area contributed by atoms with Crippen molar-refractivity contribution in [1.82, 2.24) is 0 Å². The maximum absolute atomic E-state index is 11.2. The van der Waals surface area contributed by atoms with Crippen LogP contribution in [-0.4, -0.2) is 32.1 Å². The Bertz CT molecular complexity index is 474. The summed E-state index contributed by atoms with van der Waals surface area (Å²) in [5.41, 5.74) is 6.34. The number of ether oxygens (including phenoxy) is 3. The summed E-state index contributed by atoms with van der Waals surface area (Å²) in [6, 6.07) is 5.27. The number of rotatable bonds is 6. The molecule has 0 spiro atoms. The van der Waals surface area contributed by atoms with E-state index in [2.05, 4.69) is 20.7 Å². The molecule has 19 heavy (non-hydrogen) atoms. The lowest BCUT2D eigenvalue weighted by Crippen LogP contribution is -2.12. The number of benzene rings is 1. The molecule has 0 aliphatic heterocycles. The largest absolute Gasteiger partial charge is 0.493 e. The molecule has 0 amide bonds. The van der Waals surface area contributed by atoms with Crippen LogP contribution in [0.4, 0.5) is 0 Å². The van der Waals surface area contributed by atoms with Gasteiger partial charge in [0.05, 0.1) is 20.8 Å². The van der Waals surface area contributed by atoms with Crippen LogP contribution < -0.4 is 15.2 Å². The van der Waals surface area contributed by atoms with Crippen molar-refractivity contribution < 1.29 is 19.0 Å². The van der Waals surface area contributed by atoms with Crippen molar-refractivity contribution in [3.05, 3.63) is 29.5 Å². The number of nitrogens with two attached hydrogens (primary N) is 1. The summed E-state index contributed by atoms with van der Waals surface area (Å²) in [7, 11) is 2.84. The lowest BCUT2D eigenvalue weighted by Gasteiger charge is -2.10. The lowest BCUT2D eigenvalue weighted by atomic mass is 10.1. The molecule has 104 valence electrons. The monoisotopic (exact) mass is 329 g/mol. The molecule has 0 saturated heterocycles. The molecule has 0 saturated carbocycles. The Balaban J connectivity index is 3.00. The number of alkyl halides is 1. The highest BCUT2D eigenvalue weighted by molar-refractivity contribution is 9.09. The number of methoxy groups -OCH3 is 2. The summed E-state index contributed by atoms with van der Waals surface area (Å²) < 4.78 is 15.2. The fourth-order valence-corrected chi connectivity index (χ4v) is 1.56. The van der Waals surface area contributed by atoms with E-state index in [1.165, 1.54) is 13.2 Å². The lowest BCUT2D eigenvalue weighted by molar-refractivity contribution is -0.136. The van der Waals surface area contributed by atoms with E-state index in [9.17, 15) is 4.79 Å². The van der Waals surface area contributed by atoms with Gasteiger partial charge in [0.2, 0.25) is 0 Å². The van der Waals surface area contributed by atoms with E-state index in [1.807, 2.05) is 0 Å². The van der Waals surface area contributed by atoms with E-state index in [1.54, 1.807) is 25.3 Å². The zero-order valence-electron chi connectivity index (χ0n) is 10.8. The second-order valence-electron chi connectivity index (χ2n) is 3.54. The van der Waals surface area contributed by atoms with E-state index in [0.29, 0.717) is 23.4 Å². The molecule has 0 unspecified atom stereocenters. The van der Waals surface area contributed by atoms with Crippen LogP contribution >= 0.6 is 15.9 Å². The van der Waals surface area contributed by atoms with Crippen molar-refractivity contribution in [3.8, 4) is 11.5 Å². The molecule has 0 aliphatic rings. The van der Waals surface area contributed by atoms with Gasteiger partial charge in [-0.3, -0.25) is 0 Å². The van der Waals surface area contributed by atoms with Gasteiger partial charge in [0.15, 0.2) is 11.5 Å². The number of hydrogen-bond donors (Lipinski definition) is 1. The molecule has 1 rings (SSSR count). The molecular weight excluding hydrogens is 314 g/mol. The standard InChI is InChI=1S/C13H16BrNO4/c1-17-11-4-3-9(7-10(15)13(16)18-2)8-12(11)19-6-5-14/h3-4,7-8H,5-6,15H2,1-2H3/b10-7-. The Morgan fingerprint density at radius 2 is 2.11 bits per heavy atom. The van der Waals surface area contributed by atoms with Gasteiger partial charge >= 0.3 is 5.97 Å². The maximum Gasteiger partial charge on any atom is 0.353 e. The quantitative estimate of drug-likeness (QED) is 0.490. The topological polar surface area (TPSA) is 70.8 Å². The van der Waals surface area contributed by atoms with Gasteiger partial charge in [-0.2, -0.15) is 0 Å². The molecule has 0 heterocycles. The average Bonchev–Trinajstić information content (AvgIpc) is 2.44. The van der Waals surface area contributed by atoms with Crippen molar-refractivity contribution in [3.63, 3.8) is 0 Å². The van der Waals surface area contributed by atoms with Gasteiger partial charge in [-0.25, -0.2) is 4.79 Å². The highest BCUT2D eigenvalue weighted by atomic mass is 79.9. The number of hydrogen-bond acceptors (Lipinski definition) is 5. The van der Waals surface area contributed by atoms with Crippen LogP contribution in [0.25, 0.3) is 6.08 Å². The van der Waals surface area contributed by atoms with Crippen LogP contribution in [0.1, 0.15) is 5.56 Å². The van der Waals surface area contributed by atoms with Crippen molar-refractivity contribution in [2.45, 2.75) is 0 Å². The van der Waals surface area contributed by atoms with Crippen molar-refractivity contribution >= 4 is 28.0 Å². The van der Waals surface area contributed by atoms with Crippen LogP contribution in [0, 0.1) is 0 Å². The summed E-state index contributed by atoms with van der Waals surface area (Å²) in [5, 5.41) is 0.709. The fraction of sp³-hybridized carbons (Fsp3) is 0.308. The van der Waals surface area contributed by atoms with Crippen LogP contribution in [0.5, 0.6) is 11.5 Å². The average molecular weight is 330 g/mol. The molecule has 0 fully saturated rings. The van der Waals surface area contributed by atoms with Crippen molar-refractivity contribution in [1.29, 1.82) is 0 Å². The predicted octanol–water partition coefficient (Wildman–Crippen LogP) is 1.94. The minimum absolute atomic E-state index is 0.0270. The molecular formula is C13H16BrNO4. The highest BCUT2D eigenvalue weighted by Crippen LogP contribution is 2.28. The summed E-state index contributed by atoms with van der Waals surface area (Å²) >= 11 is 3.28. The van der Waals surface area contributed by atoms with Crippen molar-refractivity contribution in [2.75, 3.05) is 26.2 Å². The van der Waals surface area contributed by atoms with Crippen molar-refractivity contribution in [2.24, 2.45) is 5.73 Å². The zero-order valence-corrected chi connectivity index (χ0v) is 12.4. The summed E-state index contributed by atoms with van der Waals surface area (Å²) in [5.74, 6) is 0.641. The first-order chi connectivity index (χ1) is 9.12. The van der Waals surface area contributed by atoms with Crippen LogP contribution in [0.3, 0.4) is 0 Å². The first kappa shape index (κ1) is 15.4. The molecule has 0 bridgehead atoms. The molecule has 1 aromatic rings. The van der Waals surface area contributed by atoms with Crippen LogP contribution in [-0.2, 0) is 9.53 Å². The van der Waals surface area contributed by atoms with Gasteiger partial charge in [0.25, 0.3) is 0 Å². The van der Waals surface area contributed by atoms with Gasteiger partial charge in [-0.1, -0.05) is 22.0 Å². The predicted molar refractivity (Wildman–Crippen MR) is 76.5 cm³/mol. The van der Waals surface area contributed by atoms with Gasteiger partial charge in [-0.15, -0.1) is 0 Å². The van der Waals surface area contributed by atoms with Crippen LogP contribution in [0.15, 0.2) is 23.9 Å². The molecule has 0 radical (unpaired) electrons. The summed E-state index contributed by atoms with van der Waals surface area (Å²) in [4.78, 5) is 11.2. The van der Waals surface area contributed by atoms with E-state index in [-0.39, 0.29) is 5.70 Å². The zero-order chi connectivity index (χ0) is 14.3. The van der Waals surface area contributed by atoms with E-state index in [0.717, 1.165) is 5.56 Å². The first-order valence-electron chi connectivity index (χ1n) is 5.54. The number of halogens is 1. The van der Waals surface area contributed by atoms with E-state index >= 15 is 0 Å². The second-order valence-corrected chi connectivity index (χ2v) is 4.33. The molecule has 0 aliphatic carbocycles. The van der Waals surface area contributed by atoms with Gasteiger partial charge in [0, 0.05) is 5.33 Å². The molecule has 6 heteroatoms. The summed E-state index contributed by atoms with van der Waals surface area (Å²) in [6.07, 6.45) is 1.52. The van der Waals surface area contributed by atoms with E-state index < -0.39 is 5.97 Å². The summed E-state index contributed by atoms with van der Waals surface area (Å²) in [6.45, 7) is 0.510. The molecule has 2 N–H and O–H groups in total. The van der Waals surface area contributed by atoms with Gasteiger partial charge in [-0.05, 0) is 23.8 Å². The third-order valence-corrected chi connectivity index (χ3v) is 2.59. The Morgan fingerprint density at radius 1 is 1.37 bits per heavy atom. The van der Waals surface area contributed by atoms with E-state index in [4.69, 9.17) is 15.2 Å². The third-order valence-electron chi connectivity index (χ3n) is 2.27. The Hall–Kier alpha value is -1.69. The number of carbonyl (C=O) groups excluding carboxylic acids is 1. The fourth-order valence-electron chi connectivity index (χ4n) is 1.40. The second kappa shape index (κ2) is 7.68. The SMILES string of the molecule is COC(=O)/C(N)=C/c1ccc(OC)c(OCCBr)c1. The smallest absolute Gasteiger partial charge is 0.353 e. The van der Waals surface area contributed by atoms with Gasteiger partial charge < -0.3 is 19.9 Å². The maximum atomic E-state index is 11.2. The number of carbonyl (C=O) groups is 1. The molecule has 0 aromatic heterocycles. The number of esters is 1. The normalized spacial score (nSPS) is 11.0. The minimum atomic E-state index is -0.571. The molecule has 5 nitrogen and oxygen atoms in total. The Morgan fingerprint density at radius 3 is 2.68 bits per heavy atom. The molecule has 1 aromatic carbocycles. The first-order valence-corrected chi connectivity index (χ1v) is 6.66. The Labute approximate surface area is 120 Å². The minimum Gasteiger partial charge on any atom is -0.493 e.